The van der Waals surface area contributed by atoms with Crippen LogP contribution in [0, 0.1) is 0 Å². The lowest BCUT2D eigenvalue weighted by Gasteiger charge is -2.37. The van der Waals surface area contributed by atoms with Gasteiger partial charge < -0.3 is 15.5 Å². The number of hydrogen-bond acceptors (Lipinski definition) is 3. The van der Waals surface area contributed by atoms with Crippen LogP contribution in [0.25, 0.3) is 0 Å². The van der Waals surface area contributed by atoms with E-state index in [9.17, 15) is 4.79 Å². The van der Waals surface area contributed by atoms with Crippen LogP contribution in [0.1, 0.15) is 26.2 Å². The van der Waals surface area contributed by atoms with E-state index in [4.69, 9.17) is 17.3 Å². The zero-order chi connectivity index (χ0) is 15.2. The van der Waals surface area contributed by atoms with Gasteiger partial charge in [0.15, 0.2) is 0 Å². The number of unbranched alkanes of at least 4 members (excludes halogenated alkanes) is 1. The van der Waals surface area contributed by atoms with Gasteiger partial charge in [-0.15, -0.1) is 0 Å². The van der Waals surface area contributed by atoms with Gasteiger partial charge in [-0.3, -0.25) is 4.79 Å². The van der Waals surface area contributed by atoms with Crippen molar-refractivity contribution in [3.63, 3.8) is 0 Å². The lowest BCUT2D eigenvalue weighted by atomic mass is 10.1. The molecule has 0 spiro atoms. The van der Waals surface area contributed by atoms with Crippen LogP contribution < -0.4 is 10.6 Å². The van der Waals surface area contributed by atoms with Crippen molar-refractivity contribution in [3.8, 4) is 0 Å². The van der Waals surface area contributed by atoms with Crippen molar-refractivity contribution in [2.45, 2.75) is 32.2 Å². The van der Waals surface area contributed by atoms with Gasteiger partial charge in [0.1, 0.15) is 0 Å². The first-order valence-electron chi connectivity index (χ1n) is 7.66. The lowest BCUT2D eigenvalue weighted by molar-refractivity contribution is -0.133. The highest BCUT2D eigenvalue weighted by molar-refractivity contribution is 6.30. The maximum absolute atomic E-state index is 12.3. The normalized spacial score (nSPS) is 16.9. The molecule has 1 aliphatic heterocycles. The molecule has 1 heterocycles. The van der Waals surface area contributed by atoms with Gasteiger partial charge in [0.2, 0.25) is 5.91 Å². The van der Waals surface area contributed by atoms with E-state index < -0.39 is 0 Å². The fraction of sp³-hybridized carbons (Fsp3) is 0.562. The molecule has 2 N–H and O–H groups in total. The molecule has 1 aromatic rings. The number of hydrogen-bond donors (Lipinski definition) is 1. The number of nitrogens with two attached hydrogens (primary N) is 1. The maximum Gasteiger partial charge on any atom is 0.239 e. The number of nitrogens with zero attached hydrogens (tertiary/aromatic N) is 2. The van der Waals surface area contributed by atoms with Gasteiger partial charge in [0, 0.05) is 36.9 Å². The van der Waals surface area contributed by atoms with E-state index in [1.807, 2.05) is 23.1 Å². The summed E-state index contributed by atoms with van der Waals surface area (Å²) in [5.74, 6) is 0.0918. The summed E-state index contributed by atoms with van der Waals surface area (Å²) < 4.78 is 0. The van der Waals surface area contributed by atoms with Gasteiger partial charge in [-0.05, 0) is 24.6 Å². The Morgan fingerprint density at radius 1 is 1.33 bits per heavy atom. The number of anilines is 1. The number of benzene rings is 1. The fourth-order valence-electron chi connectivity index (χ4n) is 2.64. The summed E-state index contributed by atoms with van der Waals surface area (Å²) in [7, 11) is 0. The van der Waals surface area contributed by atoms with E-state index in [-0.39, 0.29) is 11.9 Å². The van der Waals surface area contributed by atoms with Gasteiger partial charge in [-0.25, -0.2) is 0 Å². The molecule has 1 amide bonds. The average Bonchev–Trinajstić information content (AvgIpc) is 2.52. The molecule has 0 aliphatic carbocycles. The molecule has 0 saturated carbocycles. The number of carbonyl (C=O) groups excluding carboxylic acids is 1. The van der Waals surface area contributed by atoms with Crippen LogP contribution in [0.4, 0.5) is 5.69 Å². The van der Waals surface area contributed by atoms with Crippen molar-refractivity contribution in [2.24, 2.45) is 5.73 Å². The number of piperazine rings is 1. The van der Waals surface area contributed by atoms with Crippen LogP contribution >= 0.6 is 11.6 Å². The molecule has 116 valence electrons. The highest BCUT2D eigenvalue weighted by atomic mass is 35.5. The van der Waals surface area contributed by atoms with Crippen molar-refractivity contribution < 1.29 is 4.79 Å². The Balaban J connectivity index is 1.87. The van der Waals surface area contributed by atoms with Crippen LogP contribution in [0.5, 0.6) is 0 Å². The highest BCUT2D eigenvalue weighted by Gasteiger charge is 2.24. The van der Waals surface area contributed by atoms with Gasteiger partial charge in [-0.2, -0.15) is 0 Å². The zero-order valence-electron chi connectivity index (χ0n) is 12.6. The van der Waals surface area contributed by atoms with E-state index in [1.54, 1.807) is 0 Å². The summed E-state index contributed by atoms with van der Waals surface area (Å²) in [6, 6.07) is 7.50. The third kappa shape index (κ3) is 4.35. The average molecular weight is 310 g/mol. The van der Waals surface area contributed by atoms with Gasteiger partial charge in [-0.1, -0.05) is 37.4 Å². The summed E-state index contributed by atoms with van der Waals surface area (Å²) in [6.45, 7) is 5.22. The second-order valence-corrected chi connectivity index (χ2v) is 5.98. The summed E-state index contributed by atoms with van der Waals surface area (Å²) in [6.07, 6.45) is 2.86. The Labute approximate surface area is 131 Å². The second kappa shape index (κ2) is 7.66. The largest absolute Gasteiger partial charge is 0.368 e. The summed E-state index contributed by atoms with van der Waals surface area (Å²) >= 11 is 6.03. The molecule has 1 aromatic carbocycles. The fourth-order valence-corrected chi connectivity index (χ4v) is 2.82. The molecule has 1 fully saturated rings. The van der Waals surface area contributed by atoms with Crippen molar-refractivity contribution in [1.82, 2.24) is 4.90 Å². The maximum atomic E-state index is 12.3. The predicted molar refractivity (Wildman–Crippen MR) is 87.7 cm³/mol. The van der Waals surface area contributed by atoms with Crippen molar-refractivity contribution >= 4 is 23.2 Å². The zero-order valence-corrected chi connectivity index (χ0v) is 13.4. The minimum Gasteiger partial charge on any atom is -0.368 e. The van der Waals surface area contributed by atoms with Crippen molar-refractivity contribution in [1.29, 1.82) is 0 Å². The third-order valence-electron chi connectivity index (χ3n) is 3.95. The highest BCUT2D eigenvalue weighted by Crippen LogP contribution is 2.21. The van der Waals surface area contributed by atoms with Gasteiger partial charge >= 0.3 is 0 Å². The van der Waals surface area contributed by atoms with Crippen molar-refractivity contribution in [2.75, 3.05) is 31.1 Å². The minimum atomic E-state index is -0.345. The molecule has 0 bridgehead atoms. The monoisotopic (exact) mass is 309 g/mol. The van der Waals surface area contributed by atoms with E-state index >= 15 is 0 Å². The number of halogens is 1. The Hall–Kier alpha value is -1.26. The first-order chi connectivity index (χ1) is 10.1. The smallest absolute Gasteiger partial charge is 0.239 e. The standard InChI is InChI=1S/C16H24ClN3O/c1-2-3-7-15(18)16(21)20-10-8-19(9-11-20)14-6-4-5-13(17)12-14/h4-6,12,15H,2-3,7-11,18H2,1H3/t15-/m0/s1. The van der Waals surface area contributed by atoms with Crippen LogP contribution in [0.15, 0.2) is 24.3 Å². The second-order valence-electron chi connectivity index (χ2n) is 5.54. The van der Waals surface area contributed by atoms with E-state index in [1.165, 1.54) is 0 Å². The molecule has 2 rings (SSSR count). The Kier molecular flexibility index (Phi) is 5.88. The molecule has 4 nitrogen and oxygen atoms in total. The molecule has 21 heavy (non-hydrogen) atoms. The van der Waals surface area contributed by atoms with Crippen LogP contribution in [0.2, 0.25) is 5.02 Å². The molecule has 1 aliphatic rings. The summed E-state index contributed by atoms with van der Waals surface area (Å²) in [4.78, 5) is 16.4. The lowest BCUT2D eigenvalue weighted by Crippen LogP contribution is -2.53. The quantitative estimate of drug-likeness (QED) is 0.909. The van der Waals surface area contributed by atoms with E-state index in [0.29, 0.717) is 0 Å². The molecular weight excluding hydrogens is 286 g/mol. The first kappa shape index (κ1) is 16.1. The van der Waals surface area contributed by atoms with Crippen molar-refractivity contribution in [3.05, 3.63) is 29.3 Å². The predicted octanol–water partition coefficient (Wildman–Crippen LogP) is 2.51. The first-order valence-corrected chi connectivity index (χ1v) is 8.04. The molecular formula is C16H24ClN3O. The SMILES string of the molecule is CCCC[C@H](N)C(=O)N1CCN(c2cccc(Cl)c2)CC1. The molecule has 1 saturated heterocycles. The number of rotatable bonds is 5. The van der Waals surface area contributed by atoms with E-state index in [0.717, 1.165) is 56.2 Å². The molecule has 0 radical (unpaired) electrons. The number of amides is 1. The molecule has 1 atom stereocenters. The topological polar surface area (TPSA) is 49.6 Å². The van der Waals surface area contributed by atoms with Crippen LogP contribution in [-0.4, -0.2) is 43.0 Å². The molecule has 0 aromatic heterocycles. The van der Waals surface area contributed by atoms with Gasteiger partial charge in [0.05, 0.1) is 6.04 Å². The minimum absolute atomic E-state index is 0.0918. The van der Waals surface area contributed by atoms with Crippen LogP contribution in [-0.2, 0) is 4.79 Å². The molecule has 5 heteroatoms. The molecule has 0 unspecified atom stereocenters. The van der Waals surface area contributed by atoms with E-state index in [2.05, 4.69) is 17.9 Å². The Morgan fingerprint density at radius 2 is 2.05 bits per heavy atom. The Bertz CT molecular complexity index is 472. The third-order valence-corrected chi connectivity index (χ3v) is 4.19. The number of carbonyl (C=O) groups is 1. The summed E-state index contributed by atoms with van der Waals surface area (Å²) in [5, 5.41) is 0.743. The van der Waals surface area contributed by atoms with Gasteiger partial charge in [0.25, 0.3) is 0 Å². The Morgan fingerprint density at radius 3 is 2.67 bits per heavy atom. The summed E-state index contributed by atoms with van der Waals surface area (Å²) in [5.41, 5.74) is 7.09. The van der Waals surface area contributed by atoms with Crippen LogP contribution in [0.3, 0.4) is 0 Å².